The first-order valence-electron chi connectivity index (χ1n) is 4.14. The molecule has 0 aromatic carbocycles. The molecule has 0 aliphatic heterocycles. The Morgan fingerprint density at radius 3 is 2.64 bits per heavy atom. The van der Waals surface area contributed by atoms with Crippen LogP contribution in [0.25, 0.3) is 0 Å². The van der Waals surface area contributed by atoms with Crippen molar-refractivity contribution in [2.45, 2.75) is 25.9 Å². The fraction of sp³-hybridized carbons (Fsp3) is 0.714. The summed E-state index contributed by atoms with van der Waals surface area (Å²) in [5.41, 5.74) is 0. The van der Waals surface area contributed by atoms with Crippen molar-refractivity contribution in [1.82, 2.24) is 9.36 Å². The Balaban J connectivity index is 2.31. The summed E-state index contributed by atoms with van der Waals surface area (Å²) in [6, 6.07) is 0. The van der Waals surface area contributed by atoms with E-state index in [9.17, 15) is 13.2 Å². The Morgan fingerprint density at radius 1 is 1.43 bits per heavy atom. The molecule has 80 valence electrons. The highest BCUT2D eigenvalue weighted by atomic mass is 32.1. The van der Waals surface area contributed by atoms with Gasteiger partial charge < -0.3 is 5.32 Å². The van der Waals surface area contributed by atoms with Crippen molar-refractivity contribution in [1.29, 1.82) is 0 Å². The molecule has 0 radical (unpaired) electrons. The molecular weight excluding hydrogens is 215 g/mol. The first kappa shape index (κ1) is 11.2. The maximum Gasteiger partial charge on any atom is 0.390 e. The van der Waals surface area contributed by atoms with Crippen LogP contribution in [0.1, 0.15) is 19.2 Å². The van der Waals surface area contributed by atoms with Crippen LogP contribution in [0.2, 0.25) is 0 Å². The topological polar surface area (TPSA) is 37.8 Å². The number of alkyl halides is 3. The molecule has 0 saturated heterocycles. The zero-order chi connectivity index (χ0) is 10.6. The molecule has 0 atom stereocenters. The predicted molar refractivity (Wildman–Crippen MR) is 48.4 cm³/mol. The van der Waals surface area contributed by atoms with Crippen LogP contribution in [-0.2, 0) is 6.42 Å². The van der Waals surface area contributed by atoms with Gasteiger partial charge in [0.15, 0.2) is 0 Å². The van der Waals surface area contributed by atoms with Gasteiger partial charge in [-0.15, -0.1) is 0 Å². The smallest absolute Gasteiger partial charge is 0.360 e. The Bertz CT molecular complexity index is 284. The largest absolute Gasteiger partial charge is 0.390 e. The molecule has 0 aliphatic carbocycles. The number of aryl methyl sites for hydroxylation is 1. The van der Waals surface area contributed by atoms with Gasteiger partial charge in [0.05, 0.1) is 6.42 Å². The molecule has 1 heterocycles. The van der Waals surface area contributed by atoms with E-state index in [1.165, 1.54) is 0 Å². The van der Waals surface area contributed by atoms with E-state index in [4.69, 9.17) is 0 Å². The lowest BCUT2D eigenvalue weighted by molar-refractivity contribution is -0.131. The standard InChI is InChI=1S/C7H10F3N3S/c1-2-5-12-6(14-13-5)11-4-3-7(8,9)10/h2-4H2,1H3,(H,11,12,13). The Morgan fingerprint density at radius 2 is 2.14 bits per heavy atom. The van der Waals surface area contributed by atoms with Crippen molar-refractivity contribution >= 4 is 16.7 Å². The molecule has 1 aromatic heterocycles. The third kappa shape index (κ3) is 3.91. The summed E-state index contributed by atoms with van der Waals surface area (Å²) >= 11 is 1.09. The summed E-state index contributed by atoms with van der Waals surface area (Å²) in [7, 11) is 0. The van der Waals surface area contributed by atoms with E-state index in [0.717, 1.165) is 11.5 Å². The lowest BCUT2D eigenvalue weighted by Crippen LogP contribution is -2.14. The maximum absolute atomic E-state index is 11.8. The molecule has 0 aliphatic rings. The summed E-state index contributed by atoms with van der Waals surface area (Å²) in [5.74, 6) is 0.657. The number of aromatic nitrogens is 2. The first-order valence-corrected chi connectivity index (χ1v) is 4.92. The Hall–Kier alpha value is -0.850. The molecule has 7 heteroatoms. The normalized spacial score (nSPS) is 11.7. The fourth-order valence-corrected chi connectivity index (χ4v) is 1.46. The zero-order valence-electron chi connectivity index (χ0n) is 7.56. The quantitative estimate of drug-likeness (QED) is 0.855. The third-order valence-electron chi connectivity index (χ3n) is 1.47. The van der Waals surface area contributed by atoms with Crippen molar-refractivity contribution in [3.8, 4) is 0 Å². The molecule has 0 unspecified atom stereocenters. The maximum atomic E-state index is 11.8. The lowest BCUT2D eigenvalue weighted by Gasteiger charge is -2.05. The van der Waals surface area contributed by atoms with E-state index in [0.29, 0.717) is 17.4 Å². The van der Waals surface area contributed by atoms with Crippen LogP contribution in [0.3, 0.4) is 0 Å². The van der Waals surface area contributed by atoms with Gasteiger partial charge in [0.25, 0.3) is 0 Å². The summed E-state index contributed by atoms with van der Waals surface area (Å²) in [4.78, 5) is 3.98. The number of hydrogen-bond acceptors (Lipinski definition) is 4. The highest BCUT2D eigenvalue weighted by Crippen LogP contribution is 2.19. The summed E-state index contributed by atoms with van der Waals surface area (Å²) in [6.45, 7) is 1.74. The molecular formula is C7H10F3N3S. The summed E-state index contributed by atoms with van der Waals surface area (Å²) in [5, 5.41) is 3.03. The zero-order valence-corrected chi connectivity index (χ0v) is 8.37. The predicted octanol–water partition coefficient (Wildman–Crippen LogP) is 2.46. The van der Waals surface area contributed by atoms with E-state index in [1.807, 2.05) is 6.92 Å². The van der Waals surface area contributed by atoms with E-state index < -0.39 is 12.6 Å². The summed E-state index contributed by atoms with van der Waals surface area (Å²) in [6.07, 6.45) is -4.28. The highest BCUT2D eigenvalue weighted by molar-refractivity contribution is 7.09. The molecule has 14 heavy (non-hydrogen) atoms. The van der Waals surface area contributed by atoms with Crippen LogP contribution < -0.4 is 5.32 Å². The molecule has 3 nitrogen and oxygen atoms in total. The van der Waals surface area contributed by atoms with E-state index >= 15 is 0 Å². The average molecular weight is 225 g/mol. The van der Waals surface area contributed by atoms with Crippen LogP contribution in [0.4, 0.5) is 18.3 Å². The fourth-order valence-electron chi connectivity index (χ4n) is 0.781. The molecule has 1 aromatic rings. The summed E-state index contributed by atoms with van der Waals surface area (Å²) < 4.78 is 39.2. The monoisotopic (exact) mass is 225 g/mol. The second-order valence-electron chi connectivity index (χ2n) is 2.66. The van der Waals surface area contributed by atoms with Gasteiger partial charge in [0.1, 0.15) is 5.82 Å². The molecule has 0 amide bonds. The van der Waals surface area contributed by atoms with E-state index in [-0.39, 0.29) is 6.54 Å². The minimum Gasteiger partial charge on any atom is -0.360 e. The van der Waals surface area contributed by atoms with Gasteiger partial charge in [0, 0.05) is 24.5 Å². The second kappa shape index (κ2) is 4.59. The van der Waals surface area contributed by atoms with E-state index in [2.05, 4.69) is 14.7 Å². The van der Waals surface area contributed by atoms with Crippen molar-refractivity contribution in [3.05, 3.63) is 5.82 Å². The number of hydrogen-bond donors (Lipinski definition) is 1. The van der Waals surface area contributed by atoms with Gasteiger partial charge in [-0.1, -0.05) is 6.92 Å². The number of nitrogens with one attached hydrogen (secondary N) is 1. The number of rotatable bonds is 4. The molecule has 1 N–H and O–H groups in total. The first-order chi connectivity index (χ1) is 6.51. The van der Waals surface area contributed by atoms with Crippen LogP contribution in [-0.4, -0.2) is 22.1 Å². The minimum absolute atomic E-state index is 0.151. The van der Waals surface area contributed by atoms with Gasteiger partial charge >= 0.3 is 6.18 Å². The molecule has 0 fully saturated rings. The van der Waals surface area contributed by atoms with Crippen LogP contribution in [0.5, 0.6) is 0 Å². The average Bonchev–Trinajstić information content (AvgIpc) is 2.50. The minimum atomic E-state index is -4.12. The van der Waals surface area contributed by atoms with Crippen molar-refractivity contribution in [3.63, 3.8) is 0 Å². The van der Waals surface area contributed by atoms with Crippen LogP contribution in [0, 0.1) is 0 Å². The van der Waals surface area contributed by atoms with Gasteiger partial charge in [-0.2, -0.15) is 17.5 Å². The van der Waals surface area contributed by atoms with Crippen molar-refractivity contribution in [2.75, 3.05) is 11.9 Å². The SMILES string of the molecule is CCc1nsc(NCCC(F)(F)F)n1. The number of nitrogens with zero attached hydrogens (tertiary/aromatic N) is 2. The Labute approximate surface area is 83.5 Å². The van der Waals surface area contributed by atoms with Gasteiger partial charge in [-0.3, -0.25) is 0 Å². The number of anilines is 1. The highest BCUT2D eigenvalue weighted by Gasteiger charge is 2.26. The Kier molecular flexibility index (Phi) is 3.68. The molecule has 1 rings (SSSR count). The van der Waals surface area contributed by atoms with E-state index in [1.54, 1.807) is 0 Å². The van der Waals surface area contributed by atoms with Gasteiger partial charge in [0.2, 0.25) is 5.13 Å². The third-order valence-corrected chi connectivity index (χ3v) is 2.18. The van der Waals surface area contributed by atoms with Crippen LogP contribution >= 0.6 is 11.5 Å². The van der Waals surface area contributed by atoms with Gasteiger partial charge in [-0.25, -0.2) is 4.98 Å². The molecule has 0 bridgehead atoms. The lowest BCUT2D eigenvalue weighted by atomic mass is 10.4. The molecule has 0 saturated carbocycles. The second-order valence-corrected chi connectivity index (χ2v) is 3.41. The number of halogens is 3. The van der Waals surface area contributed by atoms with Crippen LogP contribution in [0.15, 0.2) is 0 Å². The van der Waals surface area contributed by atoms with Crippen molar-refractivity contribution < 1.29 is 13.2 Å². The van der Waals surface area contributed by atoms with Crippen molar-refractivity contribution in [2.24, 2.45) is 0 Å². The molecule has 0 spiro atoms. The van der Waals surface area contributed by atoms with Gasteiger partial charge in [-0.05, 0) is 0 Å².